The number of amides is 1. The van der Waals surface area contributed by atoms with E-state index in [1.165, 1.54) is 19.3 Å². The Balaban J connectivity index is 1.68. The molecule has 2 rings (SSSR count). The molecule has 2 unspecified atom stereocenters. The first kappa shape index (κ1) is 14.8. The van der Waals surface area contributed by atoms with Crippen LogP contribution in [0, 0.1) is 0 Å². The molecule has 1 amide bonds. The van der Waals surface area contributed by atoms with E-state index in [0.29, 0.717) is 18.0 Å². The minimum atomic E-state index is 0.346. The van der Waals surface area contributed by atoms with Crippen LogP contribution in [0.2, 0.25) is 0 Å². The van der Waals surface area contributed by atoms with Crippen LogP contribution in [0.4, 0.5) is 0 Å². The van der Waals surface area contributed by atoms with Gasteiger partial charge in [0.25, 0.3) is 0 Å². The molecule has 2 saturated heterocycles. The molecule has 4 heteroatoms. The number of nitrogens with zero attached hydrogens (tertiary/aromatic N) is 2. The third-order valence-corrected chi connectivity index (χ3v) is 4.65. The normalized spacial score (nSPS) is 29.5. The minimum Gasteiger partial charge on any atom is -0.340 e. The van der Waals surface area contributed by atoms with Crippen LogP contribution in [-0.4, -0.2) is 60.5 Å². The van der Waals surface area contributed by atoms with E-state index in [1.807, 2.05) is 4.90 Å². The number of rotatable bonds is 4. The van der Waals surface area contributed by atoms with Crippen LogP contribution in [0.15, 0.2) is 0 Å². The molecule has 0 aromatic carbocycles. The van der Waals surface area contributed by atoms with Gasteiger partial charge in [0.2, 0.25) is 5.91 Å². The maximum Gasteiger partial charge on any atom is 0.222 e. The monoisotopic (exact) mass is 267 g/mol. The predicted octanol–water partition coefficient (Wildman–Crippen LogP) is 1.46. The highest BCUT2D eigenvalue weighted by molar-refractivity contribution is 5.76. The molecule has 0 saturated carbocycles. The standard InChI is InChI=1S/C15H29N3O/c1-13-5-3-6-14(2)18(13)10-4-7-15(19)17-11-8-16-9-12-17/h13-14,16H,3-12H2,1-2H3. The zero-order chi connectivity index (χ0) is 13.7. The Bertz CT molecular complexity index is 279. The fraction of sp³-hybridized carbons (Fsp3) is 0.933. The molecule has 0 spiro atoms. The van der Waals surface area contributed by atoms with Crippen LogP contribution in [0.5, 0.6) is 0 Å². The van der Waals surface area contributed by atoms with E-state index in [-0.39, 0.29) is 0 Å². The first-order valence-electron chi connectivity index (χ1n) is 7.92. The van der Waals surface area contributed by atoms with Crippen LogP contribution < -0.4 is 5.32 Å². The number of nitrogens with one attached hydrogen (secondary N) is 1. The zero-order valence-electron chi connectivity index (χ0n) is 12.5. The number of likely N-dealkylation sites (tertiary alicyclic amines) is 1. The van der Waals surface area contributed by atoms with Crippen LogP contribution in [0.3, 0.4) is 0 Å². The Morgan fingerprint density at radius 2 is 1.79 bits per heavy atom. The van der Waals surface area contributed by atoms with E-state index < -0.39 is 0 Å². The third kappa shape index (κ3) is 4.18. The van der Waals surface area contributed by atoms with Crippen molar-refractivity contribution in [3.05, 3.63) is 0 Å². The Morgan fingerprint density at radius 3 is 2.42 bits per heavy atom. The highest BCUT2D eigenvalue weighted by Gasteiger charge is 2.24. The highest BCUT2D eigenvalue weighted by Crippen LogP contribution is 2.22. The molecule has 2 aliphatic rings. The number of carbonyl (C=O) groups excluding carboxylic acids is 1. The molecule has 0 aliphatic carbocycles. The molecule has 4 nitrogen and oxygen atoms in total. The summed E-state index contributed by atoms with van der Waals surface area (Å²) in [6.45, 7) is 9.41. The molecule has 2 heterocycles. The fourth-order valence-electron chi connectivity index (χ4n) is 3.40. The summed E-state index contributed by atoms with van der Waals surface area (Å²) in [5.74, 6) is 0.346. The summed E-state index contributed by atoms with van der Waals surface area (Å²) in [6.07, 6.45) is 5.72. The Morgan fingerprint density at radius 1 is 1.16 bits per heavy atom. The summed E-state index contributed by atoms with van der Waals surface area (Å²) in [7, 11) is 0. The highest BCUT2D eigenvalue weighted by atomic mass is 16.2. The summed E-state index contributed by atoms with van der Waals surface area (Å²) in [6, 6.07) is 1.39. The van der Waals surface area contributed by atoms with Gasteiger partial charge in [0.05, 0.1) is 0 Å². The molecule has 0 aromatic heterocycles. The van der Waals surface area contributed by atoms with Gasteiger partial charge in [0.1, 0.15) is 0 Å². The summed E-state index contributed by atoms with van der Waals surface area (Å²) < 4.78 is 0. The average Bonchev–Trinajstić information content (AvgIpc) is 2.43. The lowest BCUT2D eigenvalue weighted by Crippen LogP contribution is -2.47. The van der Waals surface area contributed by atoms with Crippen molar-refractivity contribution in [2.45, 2.75) is 58.0 Å². The van der Waals surface area contributed by atoms with Gasteiger partial charge in [-0.2, -0.15) is 0 Å². The molecule has 2 atom stereocenters. The number of hydrogen-bond acceptors (Lipinski definition) is 3. The van der Waals surface area contributed by atoms with Crippen molar-refractivity contribution in [1.29, 1.82) is 0 Å². The van der Waals surface area contributed by atoms with Gasteiger partial charge in [-0.05, 0) is 39.7 Å². The minimum absolute atomic E-state index is 0.346. The van der Waals surface area contributed by atoms with E-state index in [0.717, 1.165) is 45.6 Å². The van der Waals surface area contributed by atoms with E-state index in [9.17, 15) is 4.79 Å². The van der Waals surface area contributed by atoms with Crippen molar-refractivity contribution in [3.63, 3.8) is 0 Å². The number of piperazine rings is 1. The van der Waals surface area contributed by atoms with E-state index in [2.05, 4.69) is 24.1 Å². The summed E-state index contributed by atoms with van der Waals surface area (Å²) in [5.41, 5.74) is 0. The van der Waals surface area contributed by atoms with Gasteiger partial charge in [-0.3, -0.25) is 9.69 Å². The van der Waals surface area contributed by atoms with Gasteiger partial charge in [0, 0.05) is 44.7 Å². The summed E-state index contributed by atoms with van der Waals surface area (Å²) >= 11 is 0. The molecule has 110 valence electrons. The lowest BCUT2D eigenvalue weighted by Gasteiger charge is -2.39. The van der Waals surface area contributed by atoms with Crippen molar-refractivity contribution < 1.29 is 4.79 Å². The van der Waals surface area contributed by atoms with E-state index >= 15 is 0 Å². The fourth-order valence-corrected chi connectivity index (χ4v) is 3.40. The molecule has 0 bridgehead atoms. The lowest BCUT2D eigenvalue weighted by atomic mass is 9.97. The molecule has 19 heavy (non-hydrogen) atoms. The van der Waals surface area contributed by atoms with Crippen molar-refractivity contribution in [3.8, 4) is 0 Å². The lowest BCUT2D eigenvalue weighted by molar-refractivity contribution is -0.132. The summed E-state index contributed by atoms with van der Waals surface area (Å²) in [5, 5.41) is 3.29. The Kier molecular flexibility index (Phi) is 5.64. The third-order valence-electron chi connectivity index (χ3n) is 4.65. The van der Waals surface area contributed by atoms with E-state index in [4.69, 9.17) is 0 Å². The maximum absolute atomic E-state index is 12.1. The average molecular weight is 267 g/mol. The molecule has 1 N–H and O–H groups in total. The second-order valence-electron chi connectivity index (χ2n) is 6.10. The van der Waals surface area contributed by atoms with Crippen LogP contribution in [0.1, 0.15) is 46.0 Å². The van der Waals surface area contributed by atoms with Crippen molar-refractivity contribution in [1.82, 2.24) is 15.1 Å². The molecule has 2 aliphatic heterocycles. The maximum atomic E-state index is 12.1. The number of hydrogen-bond donors (Lipinski definition) is 1. The second kappa shape index (κ2) is 7.25. The predicted molar refractivity (Wildman–Crippen MR) is 78.2 cm³/mol. The first-order chi connectivity index (χ1) is 9.18. The van der Waals surface area contributed by atoms with Crippen LogP contribution >= 0.6 is 0 Å². The Labute approximate surface area is 117 Å². The quantitative estimate of drug-likeness (QED) is 0.837. The first-order valence-corrected chi connectivity index (χ1v) is 7.92. The zero-order valence-corrected chi connectivity index (χ0v) is 12.5. The largest absolute Gasteiger partial charge is 0.340 e. The molecule has 2 fully saturated rings. The van der Waals surface area contributed by atoms with Crippen molar-refractivity contribution in [2.24, 2.45) is 0 Å². The van der Waals surface area contributed by atoms with Gasteiger partial charge >= 0.3 is 0 Å². The summed E-state index contributed by atoms with van der Waals surface area (Å²) in [4.78, 5) is 16.7. The topological polar surface area (TPSA) is 35.6 Å². The molecular formula is C15H29N3O. The van der Waals surface area contributed by atoms with Gasteiger partial charge in [-0.1, -0.05) is 6.42 Å². The molecule has 0 radical (unpaired) electrons. The van der Waals surface area contributed by atoms with E-state index in [1.54, 1.807) is 0 Å². The smallest absolute Gasteiger partial charge is 0.222 e. The molecule has 0 aromatic rings. The van der Waals surface area contributed by atoms with Gasteiger partial charge in [-0.15, -0.1) is 0 Å². The second-order valence-corrected chi connectivity index (χ2v) is 6.10. The van der Waals surface area contributed by atoms with Crippen molar-refractivity contribution in [2.75, 3.05) is 32.7 Å². The van der Waals surface area contributed by atoms with Crippen LogP contribution in [0.25, 0.3) is 0 Å². The van der Waals surface area contributed by atoms with Crippen molar-refractivity contribution >= 4 is 5.91 Å². The van der Waals surface area contributed by atoms with Gasteiger partial charge < -0.3 is 10.2 Å². The Hall–Kier alpha value is -0.610. The number of carbonyl (C=O) groups is 1. The van der Waals surface area contributed by atoms with Crippen LogP contribution in [-0.2, 0) is 4.79 Å². The van der Waals surface area contributed by atoms with Gasteiger partial charge in [-0.25, -0.2) is 0 Å². The molecular weight excluding hydrogens is 238 g/mol. The number of piperidine rings is 1. The SMILES string of the molecule is CC1CCCC(C)N1CCCC(=O)N1CCNCC1. The van der Waals surface area contributed by atoms with Gasteiger partial charge in [0.15, 0.2) is 0 Å².